The van der Waals surface area contributed by atoms with Crippen molar-refractivity contribution in [3.05, 3.63) is 29.6 Å². The molecule has 1 aromatic rings. The lowest BCUT2D eigenvalue weighted by molar-refractivity contribution is -0.118. The van der Waals surface area contributed by atoms with Crippen LogP contribution < -0.4 is 10.5 Å². The zero-order chi connectivity index (χ0) is 11.3. The minimum absolute atomic E-state index is 0.0513. The third-order valence-electron chi connectivity index (χ3n) is 1.70. The molecule has 0 radical (unpaired) electrons. The van der Waals surface area contributed by atoms with Crippen LogP contribution in [0.3, 0.4) is 0 Å². The highest BCUT2D eigenvalue weighted by Crippen LogP contribution is 2.17. The Balaban J connectivity index is 2.67. The Labute approximate surface area is 85.8 Å². The number of carbonyl (C=O) groups is 2. The molecule has 0 heterocycles. The molecule has 1 aromatic carbocycles. The largest absolute Gasteiger partial charge is 0.492 e. The molecular weight excluding hydrogens is 201 g/mol. The van der Waals surface area contributed by atoms with Gasteiger partial charge in [-0.15, -0.1) is 0 Å². The van der Waals surface area contributed by atoms with Crippen LogP contribution in [0.1, 0.15) is 16.8 Å². The molecule has 4 nitrogen and oxygen atoms in total. The number of ether oxygens (including phenoxy) is 1. The summed E-state index contributed by atoms with van der Waals surface area (Å²) < 4.78 is 17.8. The molecule has 0 aliphatic carbocycles. The van der Waals surface area contributed by atoms with Gasteiger partial charge in [-0.05, 0) is 18.2 Å². The maximum atomic E-state index is 12.7. The second-order valence-electron chi connectivity index (χ2n) is 2.86. The van der Waals surface area contributed by atoms with Crippen LogP contribution >= 0.6 is 0 Å². The van der Waals surface area contributed by atoms with E-state index in [2.05, 4.69) is 0 Å². The predicted octanol–water partition coefficient (Wildman–Crippen LogP) is 0.892. The van der Waals surface area contributed by atoms with Crippen molar-refractivity contribution in [2.75, 3.05) is 6.61 Å². The van der Waals surface area contributed by atoms with Crippen molar-refractivity contribution in [3.63, 3.8) is 0 Å². The standard InChI is InChI=1S/C10H10FNO3/c11-8-1-2-9(7(5-8)6-13)15-4-3-10(12)14/h1-2,5-6H,3-4H2,(H2,12,14). The van der Waals surface area contributed by atoms with Gasteiger partial charge in [0.15, 0.2) is 6.29 Å². The number of hydrogen-bond donors (Lipinski definition) is 1. The van der Waals surface area contributed by atoms with Gasteiger partial charge in [0.2, 0.25) is 5.91 Å². The fourth-order valence-corrected chi connectivity index (χ4v) is 1.00. The molecule has 0 saturated carbocycles. The first kappa shape index (κ1) is 11.2. The van der Waals surface area contributed by atoms with Crippen LogP contribution in [0.15, 0.2) is 18.2 Å². The highest BCUT2D eigenvalue weighted by atomic mass is 19.1. The third kappa shape index (κ3) is 3.38. The summed E-state index contributed by atoms with van der Waals surface area (Å²) in [5.41, 5.74) is 5.01. The van der Waals surface area contributed by atoms with Crippen molar-refractivity contribution in [1.82, 2.24) is 0 Å². The van der Waals surface area contributed by atoms with Gasteiger partial charge in [0.05, 0.1) is 18.6 Å². The Kier molecular flexibility index (Phi) is 3.79. The van der Waals surface area contributed by atoms with E-state index in [1.807, 2.05) is 0 Å². The lowest BCUT2D eigenvalue weighted by atomic mass is 10.2. The third-order valence-corrected chi connectivity index (χ3v) is 1.70. The number of carbonyl (C=O) groups excluding carboxylic acids is 2. The molecule has 5 heteroatoms. The number of halogens is 1. The predicted molar refractivity (Wildman–Crippen MR) is 51.1 cm³/mol. The fourth-order valence-electron chi connectivity index (χ4n) is 1.00. The number of primary amides is 1. The molecule has 2 N–H and O–H groups in total. The van der Waals surface area contributed by atoms with Crippen molar-refractivity contribution in [1.29, 1.82) is 0 Å². The number of aldehydes is 1. The minimum atomic E-state index is -0.514. The molecule has 80 valence electrons. The van der Waals surface area contributed by atoms with Crippen LogP contribution in [-0.2, 0) is 4.79 Å². The monoisotopic (exact) mass is 211 g/mol. The molecule has 0 aliphatic rings. The van der Waals surface area contributed by atoms with Crippen LogP contribution in [0.5, 0.6) is 5.75 Å². The van der Waals surface area contributed by atoms with E-state index in [1.165, 1.54) is 12.1 Å². The molecule has 1 amide bonds. The Morgan fingerprint density at radius 2 is 2.27 bits per heavy atom. The van der Waals surface area contributed by atoms with Crippen molar-refractivity contribution in [3.8, 4) is 5.75 Å². The molecule has 0 spiro atoms. The Hall–Kier alpha value is -1.91. The average molecular weight is 211 g/mol. The zero-order valence-corrected chi connectivity index (χ0v) is 7.90. The van der Waals surface area contributed by atoms with E-state index in [0.717, 1.165) is 6.07 Å². The molecule has 15 heavy (non-hydrogen) atoms. The summed E-state index contributed by atoms with van der Waals surface area (Å²) in [4.78, 5) is 20.9. The van der Waals surface area contributed by atoms with Crippen molar-refractivity contribution >= 4 is 12.2 Å². The quantitative estimate of drug-likeness (QED) is 0.735. The van der Waals surface area contributed by atoms with Gasteiger partial charge >= 0.3 is 0 Å². The van der Waals surface area contributed by atoms with Gasteiger partial charge < -0.3 is 10.5 Å². The van der Waals surface area contributed by atoms with Gasteiger partial charge in [-0.1, -0.05) is 0 Å². The summed E-state index contributed by atoms with van der Waals surface area (Å²) in [5, 5.41) is 0. The fraction of sp³-hybridized carbons (Fsp3) is 0.200. The maximum absolute atomic E-state index is 12.7. The number of rotatable bonds is 5. The Morgan fingerprint density at radius 3 is 2.87 bits per heavy atom. The van der Waals surface area contributed by atoms with Crippen LogP contribution in [0.2, 0.25) is 0 Å². The molecule has 0 aliphatic heterocycles. The Morgan fingerprint density at radius 1 is 1.53 bits per heavy atom. The van der Waals surface area contributed by atoms with Crippen molar-refractivity contribution < 1.29 is 18.7 Å². The van der Waals surface area contributed by atoms with E-state index in [4.69, 9.17) is 10.5 Å². The minimum Gasteiger partial charge on any atom is -0.492 e. The number of amides is 1. The van der Waals surface area contributed by atoms with Gasteiger partial charge in [-0.3, -0.25) is 9.59 Å². The van der Waals surface area contributed by atoms with Gasteiger partial charge in [0.1, 0.15) is 11.6 Å². The van der Waals surface area contributed by atoms with Crippen LogP contribution in [0, 0.1) is 5.82 Å². The molecule has 0 saturated heterocycles. The first-order chi connectivity index (χ1) is 7.13. The molecule has 0 atom stereocenters. The number of benzene rings is 1. The molecular formula is C10H10FNO3. The average Bonchev–Trinajstić information content (AvgIpc) is 2.19. The van der Waals surface area contributed by atoms with Gasteiger partial charge in [0, 0.05) is 0 Å². The first-order valence-electron chi connectivity index (χ1n) is 4.29. The van der Waals surface area contributed by atoms with Crippen LogP contribution in [0.4, 0.5) is 4.39 Å². The second-order valence-corrected chi connectivity index (χ2v) is 2.86. The van der Waals surface area contributed by atoms with Gasteiger partial charge in [0.25, 0.3) is 0 Å². The highest BCUT2D eigenvalue weighted by molar-refractivity contribution is 5.79. The van der Waals surface area contributed by atoms with E-state index in [9.17, 15) is 14.0 Å². The number of hydrogen-bond acceptors (Lipinski definition) is 3. The number of nitrogens with two attached hydrogens (primary N) is 1. The molecule has 0 aromatic heterocycles. The normalized spacial score (nSPS) is 9.67. The summed E-state index contributed by atoms with van der Waals surface area (Å²) in [6.07, 6.45) is 0.540. The summed E-state index contributed by atoms with van der Waals surface area (Å²) in [7, 11) is 0. The van der Waals surface area contributed by atoms with E-state index in [1.54, 1.807) is 0 Å². The molecule has 1 rings (SSSR count). The summed E-state index contributed by atoms with van der Waals surface area (Å²) >= 11 is 0. The van der Waals surface area contributed by atoms with E-state index in [0.29, 0.717) is 6.29 Å². The lowest BCUT2D eigenvalue weighted by Gasteiger charge is -2.06. The van der Waals surface area contributed by atoms with Crippen LogP contribution in [-0.4, -0.2) is 18.8 Å². The summed E-state index contributed by atoms with van der Waals surface area (Å²) in [5.74, 6) is -0.767. The van der Waals surface area contributed by atoms with Crippen molar-refractivity contribution in [2.24, 2.45) is 5.73 Å². The first-order valence-corrected chi connectivity index (χ1v) is 4.29. The van der Waals surface area contributed by atoms with E-state index < -0.39 is 11.7 Å². The smallest absolute Gasteiger partial charge is 0.220 e. The SMILES string of the molecule is NC(=O)CCOc1ccc(F)cc1C=O. The van der Waals surface area contributed by atoms with E-state index >= 15 is 0 Å². The zero-order valence-electron chi connectivity index (χ0n) is 7.90. The maximum Gasteiger partial charge on any atom is 0.220 e. The summed E-state index contributed by atoms with van der Waals surface area (Å²) in [6.45, 7) is 0.0712. The second kappa shape index (κ2) is 5.09. The Bertz CT molecular complexity index is 379. The molecule has 0 unspecified atom stereocenters. The van der Waals surface area contributed by atoms with Crippen molar-refractivity contribution in [2.45, 2.75) is 6.42 Å². The van der Waals surface area contributed by atoms with Crippen LogP contribution in [0.25, 0.3) is 0 Å². The topological polar surface area (TPSA) is 69.4 Å². The van der Waals surface area contributed by atoms with Gasteiger partial charge in [-0.25, -0.2) is 4.39 Å². The van der Waals surface area contributed by atoms with E-state index in [-0.39, 0.29) is 24.3 Å². The van der Waals surface area contributed by atoms with Gasteiger partial charge in [-0.2, -0.15) is 0 Å². The highest BCUT2D eigenvalue weighted by Gasteiger charge is 2.04. The molecule has 0 fully saturated rings. The molecule has 0 bridgehead atoms. The summed E-state index contributed by atoms with van der Waals surface area (Å²) in [6, 6.07) is 3.57. The lowest BCUT2D eigenvalue weighted by Crippen LogP contribution is -2.14.